The molecule has 1 aromatic rings. The molecule has 1 aromatic carbocycles. The highest BCUT2D eigenvalue weighted by Crippen LogP contribution is 2.22. The number of hydrogen-bond acceptors (Lipinski definition) is 5. The minimum Gasteiger partial charge on any atom is -0.493 e. The number of amides is 1. The predicted octanol–water partition coefficient (Wildman–Crippen LogP) is 2.96. The topological polar surface area (TPSA) is 69.5 Å². The second-order valence-corrected chi connectivity index (χ2v) is 5.38. The first-order chi connectivity index (χ1) is 11.0. The molecule has 0 aliphatic heterocycles. The van der Waals surface area contributed by atoms with Crippen LogP contribution < -0.4 is 4.74 Å². The quantitative estimate of drug-likeness (QED) is 0.514. The maximum atomic E-state index is 12.3. The van der Waals surface area contributed by atoms with Gasteiger partial charge in [-0.2, -0.15) is 5.11 Å². The average Bonchev–Trinajstić information content (AvgIpc) is 2.54. The molecule has 0 aromatic heterocycles. The van der Waals surface area contributed by atoms with Crippen molar-refractivity contribution in [1.82, 2.24) is 0 Å². The van der Waals surface area contributed by atoms with E-state index in [0.29, 0.717) is 31.1 Å². The third-order valence-corrected chi connectivity index (χ3v) is 3.69. The van der Waals surface area contributed by atoms with E-state index in [1.54, 1.807) is 31.2 Å². The first-order valence-corrected chi connectivity index (χ1v) is 8.18. The third kappa shape index (κ3) is 5.53. The Hall–Kier alpha value is -1.57. The second-order valence-electron chi connectivity index (χ2n) is 4.66. The summed E-state index contributed by atoms with van der Waals surface area (Å²) in [6.07, 6.45) is -0.414. The van der Waals surface area contributed by atoms with Gasteiger partial charge in [-0.3, -0.25) is 4.79 Å². The Bertz CT molecular complexity index is 539. The van der Waals surface area contributed by atoms with E-state index in [1.807, 2.05) is 20.8 Å². The van der Waals surface area contributed by atoms with Crippen LogP contribution in [0, 0.1) is 0 Å². The van der Waals surface area contributed by atoms with Crippen molar-refractivity contribution >= 4 is 16.1 Å². The molecule has 0 aliphatic carbocycles. The summed E-state index contributed by atoms with van der Waals surface area (Å²) in [5.74, 6) is -0.0205. The van der Waals surface area contributed by atoms with E-state index in [1.165, 1.54) is 0 Å². The lowest BCUT2D eigenvalue weighted by molar-refractivity contribution is -0.0840. The summed E-state index contributed by atoms with van der Waals surface area (Å²) in [6, 6.07) is 6.91. The van der Waals surface area contributed by atoms with Crippen LogP contribution in [0.5, 0.6) is 5.75 Å². The van der Waals surface area contributed by atoms with Gasteiger partial charge in [0, 0.05) is 13.2 Å². The zero-order chi connectivity index (χ0) is 17.3. The smallest absolute Gasteiger partial charge is 0.298 e. The van der Waals surface area contributed by atoms with E-state index >= 15 is 0 Å². The van der Waals surface area contributed by atoms with Crippen molar-refractivity contribution in [3.8, 4) is 5.75 Å². The number of para-hydroxylation sites is 1. The molecule has 3 radical (unpaired) electrons. The van der Waals surface area contributed by atoms with Crippen LogP contribution in [0.1, 0.15) is 38.1 Å². The maximum absolute atomic E-state index is 12.3. The third-order valence-electron chi connectivity index (χ3n) is 3.04. The van der Waals surface area contributed by atoms with E-state index in [4.69, 9.17) is 14.2 Å². The highest BCUT2D eigenvalue weighted by molar-refractivity contribution is 6.14. The molecule has 0 bridgehead atoms. The van der Waals surface area contributed by atoms with Crippen LogP contribution >= 0.6 is 0 Å². The minimum absolute atomic E-state index is 0.354. The van der Waals surface area contributed by atoms with Gasteiger partial charge in [-0.25, -0.2) is 0 Å². The fourth-order valence-electron chi connectivity index (χ4n) is 1.91. The SMILES string of the molecule is CCOc1ccccc1C(=O)N=NC([Si])(OCC)C(C)OCC. The monoisotopic (exact) mass is 335 g/mol. The van der Waals surface area contributed by atoms with Gasteiger partial charge in [0.15, 0.2) is 5.35 Å². The maximum Gasteiger partial charge on any atom is 0.298 e. The molecule has 0 saturated heterocycles. The number of hydrogen-bond donors (Lipinski definition) is 0. The number of nitrogens with zero attached hydrogens (tertiary/aromatic N) is 2. The number of ether oxygens (including phenoxy) is 3. The molecule has 0 saturated carbocycles. The Kier molecular flexibility index (Phi) is 8.08. The lowest BCUT2D eigenvalue weighted by Gasteiger charge is -2.29. The van der Waals surface area contributed by atoms with Crippen molar-refractivity contribution in [3.63, 3.8) is 0 Å². The normalized spacial score (nSPS) is 15.3. The molecule has 7 heteroatoms. The molecule has 0 aliphatic rings. The van der Waals surface area contributed by atoms with Crippen LogP contribution in [-0.2, 0) is 9.47 Å². The van der Waals surface area contributed by atoms with Crippen LogP contribution in [0.15, 0.2) is 34.5 Å². The molecule has 1 rings (SSSR count). The first-order valence-electron chi connectivity index (χ1n) is 7.68. The number of azo groups is 1. The molecular weight excluding hydrogens is 312 g/mol. The molecule has 2 unspecified atom stereocenters. The molecule has 125 valence electrons. The van der Waals surface area contributed by atoms with Crippen molar-refractivity contribution in [2.75, 3.05) is 19.8 Å². The van der Waals surface area contributed by atoms with Gasteiger partial charge in [0.2, 0.25) is 0 Å². The Morgan fingerprint density at radius 1 is 1.22 bits per heavy atom. The molecule has 0 N–H and O–H groups in total. The molecular formula is C16H23N2O4Si. The summed E-state index contributed by atoms with van der Waals surface area (Å²) in [4.78, 5) is 12.3. The summed E-state index contributed by atoms with van der Waals surface area (Å²) in [5.41, 5.74) is 0.354. The van der Waals surface area contributed by atoms with Crippen molar-refractivity contribution in [3.05, 3.63) is 29.8 Å². The molecule has 23 heavy (non-hydrogen) atoms. The molecule has 0 fully saturated rings. The van der Waals surface area contributed by atoms with Crippen LogP contribution in [0.25, 0.3) is 0 Å². The lowest BCUT2D eigenvalue weighted by atomic mass is 10.2. The van der Waals surface area contributed by atoms with E-state index in [-0.39, 0.29) is 0 Å². The molecule has 0 spiro atoms. The van der Waals surface area contributed by atoms with Crippen LogP contribution in [0.4, 0.5) is 0 Å². The van der Waals surface area contributed by atoms with Crippen LogP contribution in [0.3, 0.4) is 0 Å². The Balaban J connectivity index is 2.98. The van der Waals surface area contributed by atoms with E-state index in [2.05, 4.69) is 20.5 Å². The summed E-state index contributed by atoms with van der Waals surface area (Å²) in [6.45, 7) is 8.70. The Morgan fingerprint density at radius 3 is 2.52 bits per heavy atom. The fraction of sp³-hybridized carbons (Fsp3) is 0.562. The van der Waals surface area contributed by atoms with Crippen molar-refractivity contribution in [2.24, 2.45) is 10.2 Å². The molecule has 1 amide bonds. The van der Waals surface area contributed by atoms with Crippen LogP contribution in [0.2, 0.25) is 0 Å². The summed E-state index contributed by atoms with van der Waals surface area (Å²) < 4.78 is 16.5. The number of carbonyl (C=O) groups excluding carboxylic acids is 1. The summed E-state index contributed by atoms with van der Waals surface area (Å²) in [5, 5.41) is 6.60. The highest BCUT2D eigenvalue weighted by atomic mass is 28.1. The first kappa shape index (κ1) is 19.5. The van der Waals surface area contributed by atoms with Crippen molar-refractivity contribution in [1.29, 1.82) is 0 Å². The summed E-state index contributed by atoms with van der Waals surface area (Å²) in [7, 11) is 3.43. The average molecular weight is 335 g/mol. The van der Waals surface area contributed by atoms with E-state index < -0.39 is 17.4 Å². The number of rotatable bonds is 9. The van der Waals surface area contributed by atoms with Gasteiger partial charge in [-0.05, 0) is 39.8 Å². The largest absolute Gasteiger partial charge is 0.493 e. The van der Waals surface area contributed by atoms with Gasteiger partial charge in [0.25, 0.3) is 5.91 Å². The molecule has 6 nitrogen and oxygen atoms in total. The van der Waals surface area contributed by atoms with Gasteiger partial charge in [-0.15, -0.1) is 5.11 Å². The highest BCUT2D eigenvalue weighted by Gasteiger charge is 2.33. The Labute approximate surface area is 140 Å². The summed E-state index contributed by atoms with van der Waals surface area (Å²) >= 11 is 0. The van der Waals surface area contributed by atoms with Crippen molar-refractivity contribution in [2.45, 2.75) is 39.1 Å². The number of carbonyl (C=O) groups is 1. The second kappa shape index (κ2) is 9.54. The van der Waals surface area contributed by atoms with Crippen LogP contribution in [-0.4, -0.2) is 47.4 Å². The number of benzene rings is 1. The zero-order valence-corrected chi connectivity index (χ0v) is 15.0. The van der Waals surface area contributed by atoms with E-state index in [9.17, 15) is 4.79 Å². The van der Waals surface area contributed by atoms with Crippen molar-refractivity contribution < 1.29 is 19.0 Å². The van der Waals surface area contributed by atoms with Gasteiger partial charge in [-0.1, -0.05) is 12.1 Å². The van der Waals surface area contributed by atoms with Gasteiger partial charge in [0.1, 0.15) is 22.1 Å². The fourth-order valence-corrected chi connectivity index (χ4v) is 2.19. The molecule has 2 atom stereocenters. The standard InChI is InChI=1S/C16H23N2O4Si/c1-5-20-12(4)16(23,22-7-3)18-17-15(19)13-10-8-9-11-14(13)21-6-2/h8-12H,5-7H2,1-4H3. The molecule has 0 heterocycles. The Morgan fingerprint density at radius 2 is 1.91 bits per heavy atom. The lowest BCUT2D eigenvalue weighted by Crippen LogP contribution is -2.43. The zero-order valence-electron chi connectivity index (χ0n) is 14.0. The predicted molar refractivity (Wildman–Crippen MR) is 88.0 cm³/mol. The van der Waals surface area contributed by atoms with Gasteiger partial charge < -0.3 is 14.2 Å². The van der Waals surface area contributed by atoms with Gasteiger partial charge in [0.05, 0.1) is 12.2 Å². The minimum atomic E-state index is -1.21. The van der Waals surface area contributed by atoms with E-state index in [0.717, 1.165) is 0 Å². The van der Waals surface area contributed by atoms with Gasteiger partial charge >= 0.3 is 0 Å².